The first kappa shape index (κ1) is 31.2. The fraction of sp³-hybridized carbons (Fsp3) is 0.132. The Hall–Kier alpha value is -5.40. The van der Waals surface area contributed by atoms with Crippen molar-refractivity contribution in [1.82, 2.24) is 0 Å². The van der Waals surface area contributed by atoms with Crippen molar-refractivity contribution < 1.29 is 31.5 Å². The summed E-state index contributed by atoms with van der Waals surface area (Å²) in [6.07, 6.45) is 1.40. The number of anilines is 3. The molecule has 48 heavy (non-hydrogen) atoms. The minimum Gasteiger partial charge on any atom is -0.296 e. The van der Waals surface area contributed by atoms with Gasteiger partial charge in [0.15, 0.2) is 40.5 Å². The Labute approximate surface area is 276 Å². The number of halogens is 5. The Balaban J connectivity index is 1.48. The molecular weight excluding hydrogens is 643 g/mol. The van der Waals surface area contributed by atoms with Gasteiger partial charge in [-0.15, -0.1) is 11.3 Å². The molecule has 0 amide bonds. The molecule has 0 unspecified atom stereocenters. The van der Waals surface area contributed by atoms with Crippen molar-refractivity contribution in [2.45, 2.75) is 33.1 Å². The van der Waals surface area contributed by atoms with Crippen LogP contribution >= 0.6 is 11.3 Å². The van der Waals surface area contributed by atoms with Gasteiger partial charge in [0.25, 0.3) is 0 Å². The molecule has 0 saturated heterocycles. The van der Waals surface area contributed by atoms with Crippen molar-refractivity contribution in [3.8, 4) is 11.1 Å². The van der Waals surface area contributed by atoms with Gasteiger partial charge in [0.1, 0.15) is 10.7 Å². The van der Waals surface area contributed by atoms with E-state index in [0.717, 1.165) is 38.5 Å². The van der Waals surface area contributed by atoms with Gasteiger partial charge in [-0.05, 0) is 60.4 Å². The number of benzene rings is 4. The maximum Gasteiger partial charge on any atom is 0.200 e. The van der Waals surface area contributed by atoms with E-state index in [1.165, 1.54) is 6.08 Å². The summed E-state index contributed by atoms with van der Waals surface area (Å²) in [6, 6.07) is 16.7. The van der Waals surface area contributed by atoms with Crippen LogP contribution < -0.4 is 4.90 Å². The lowest BCUT2D eigenvalue weighted by Gasteiger charge is -2.40. The van der Waals surface area contributed by atoms with Crippen LogP contribution in [0.25, 0.3) is 22.0 Å². The first-order valence-corrected chi connectivity index (χ1v) is 15.6. The van der Waals surface area contributed by atoms with Gasteiger partial charge in [0.05, 0.1) is 17.8 Å². The molecule has 1 aliphatic heterocycles. The molecular formula is C38H23F5N2O2S. The van der Waals surface area contributed by atoms with Crippen LogP contribution in [0.2, 0.25) is 0 Å². The van der Waals surface area contributed by atoms with Gasteiger partial charge in [-0.1, -0.05) is 67.4 Å². The molecule has 4 nitrogen and oxygen atoms in total. The average Bonchev–Trinajstić information content (AvgIpc) is 3.60. The van der Waals surface area contributed by atoms with Gasteiger partial charge in [-0.3, -0.25) is 14.5 Å². The third-order valence-electron chi connectivity index (χ3n) is 9.06. The van der Waals surface area contributed by atoms with E-state index in [1.54, 1.807) is 54.6 Å². The van der Waals surface area contributed by atoms with E-state index >= 15 is 8.78 Å². The van der Waals surface area contributed by atoms with Crippen LogP contribution in [0, 0.1) is 49.5 Å². The monoisotopic (exact) mass is 666 g/mol. The summed E-state index contributed by atoms with van der Waals surface area (Å²) >= 11 is 0.962. The summed E-state index contributed by atoms with van der Waals surface area (Å²) in [5.41, 5.74) is 3.27. The largest absolute Gasteiger partial charge is 0.296 e. The third kappa shape index (κ3) is 4.38. The minimum absolute atomic E-state index is 0.0935. The molecule has 2 aliphatic rings. The highest BCUT2D eigenvalue weighted by atomic mass is 32.1. The number of Topliss-reactive ketones (excluding diaryl/α,β-unsaturated/α-hetero) is 2. The Morgan fingerprint density at radius 1 is 0.771 bits per heavy atom. The predicted molar refractivity (Wildman–Crippen MR) is 175 cm³/mol. The molecule has 5 aromatic rings. The van der Waals surface area contributed by atoms with Gasteiger partial charge < -0.3 is 0 Å². The zero-order valence-electron chi connectivity index (χ0n) is 25.9. The maximum atomic E-state index is 15.6. The summed E-state index contributed by atoms with van der Waals surface area (Å²) in [5.74, 6) is -11.4. The van der Waals surface area contributed by atoms with Crippen LogP contribution in [-0.2, 0) is 5.41 Å². The third-order valence-corrected chi connectivity index (χ3v) is 10.1. The Kier molecular flexibility index (Phi) is 7.04. The molecule has 2 heterocycles. The summed E-state index contributed by atoms with van der Waals surface area (Å²) < 4.78 is 74.8. The molecule has 0 bridgehead atoms. The fourth-order valence-corrected chi connectivity index (χ4v) is 8.03. The summed E-state index contributed by atoms with van der Waals surface area (Å²) in [6.45, 7) is 14.9. The fourth-order valence-electron chi connectivity index (χ4n) is 6.74. The van der Waals surface area contributed by atoms with E-state index in [9.17, 15) is 22.8 Å². The number of aryl methyl sites for hydroxylation is 2. The molecule has 0 atom stereocenters. The number of rotatable bonds is 3. The second-order valence-corrected chi connectivity index (χ2v) is 13.4. The average molecular weight is 667 g/mol. The number of fused-ring (bicyclic) bond motifs is 3. The second kappa shape index (κ2) is 10.8. The number of allylic oxidation sites excluding steroid dienone is 1. The van der Waals surface area contributed by atoms with Crippen LogP contribution in [0.3, 0.4) is 0 Å². The lowest BCUT2D eigenvalue weighted by Crippen LogP contribution is -2.30. The molecule has 0 fully saturated rings. The van der Waals surface area contributed by atoms with Crippen molar-refractivity contribution in [3.05, 3.63) is 145 Å². The number of ketones is 2. The highest BCUT2D eigenvalue weighted by Crippen LogP contribution is 2.57. The standard InChI is InChI=1S/C38H23F5N2O2S/c1-17-12-20(44-5)13-18(2)28(17)19-10-11-27-25(14-19)38(3,4)26-16-21(15-24-35(46)22-8-6-7-9-23(22)36(24)47)48-37(26)45(27)34-32(42)30(40)29(39)31(41)33(34)43/h6-16H,1-4H3. The summed E-state index contributed by atoms with van der Waals surface area (Å²) in [4.78, 5) is 31.3. The van der Waals surface area contributed by atoms with Gasteiger partial charge >= 0.3 is 0 Å². The van der Waals surface area contributed by atoms with E-state index in [4.69, 9.17) is 6.57 Å². The molecule has 0 saturated carbocycles. The molecule has 4 aromatic carbocycles. The molecule has 7 rings (SSSR count). The van der Waals surface area contributed by atoms with Crippen LogP contribution in [0.1, 0.15) is 61.7 Å². The molecule has 1 aliphatic carbocycles. The van der Waals surface area contributed by atoms with Crippen molar-refractivity contribution >= 4 is 51.0 Å². The first-order valence-electron chi connectivity index (χ1n) is 14.8. The van der Waals surface area contributed by atoms with E-state index in [1.807, 2.05) is 33.8 Å². The second-order valence-electron chi connectivity index (χ2n) is 12.3. The first-order chi connectivity index (χ1) is 22.8. The highest BCUT2D eigenvalue weighted by molar-refractivity contribution is 7.17. The van der Waals surface area contributed by atoms with E-state index in [-0.39, 0.29) is 27.4 Å². The Morgan fingerprint density at radius 3 is 1.90 bits per heavy atom. The topological polar surface area (TPSA) is 41.7 Å². The lowest BCUT2D eigenvalue weighted by molar-refractivity contribution is 0.0990. The minimum atomic E-state index is -2.27. The Bertz CT molecular complexity index is 2280. The van der Waals surface area contributed by atoms with E-state index in [0.29, 0.717) is 21.7 Å². The van der Waals surface area contributed by atoms with Crippen molar-refractivity contribution in [2.24, 2.45) is 0 Å². The number of carbonyl (C=O) groups is 2. The number of carbonyl (C=O) groups excluding carboxylic acids is 2. The normalized spacial score (nSPS) is 14.5. The van der Waals surface area contributed by atoms with Crippen LogP contribution in [0.5, 0.6) is 0 Å². The smallest absolute Gasteiger partial charge is 0.200 e. The van der Waals surface area contributed by atoms with Crippen molar-refractivity contribution in [2.75, 3.05) is 4.90 Å². The number of hydrogen-bond acceptors (Lipinski definition) is 4. The molecule has 1 aromatic heterocycles. The van der Waals surface area contributed by atoms with Crippen LogP contribution in [0.4, 0.5) is 44.0 Å². The maximum absolute atomic E-state index is 15.6. The van der Waals surface area contributed by atoms with Crippen molar-refractivity contribution in [3.63, 3.8) is 0 Å². The molecule has 0 radical (unpaired) electrons. The lowest BCUT2D eigenvalue weighted by atomic mass is 9.74. The molecule has 10 heteroatoms. The van der Waals surface area contributed by atoms with Crippen molar-refractivity contribution in [1.29, 1.82) is 0 Å². The van der Waals surface area contributed by atoms with E-state index in [2.05, 4.69) is 4.85 Å². The highest BCUT2D eigenvalue weighted by Gasteiger charge is 2.43. The summed E-state index contributed by atoms with van der Waals surface area (Å²) in [7, 11) is 0. The molecule has 238 valence electrons. The van der Waals surface area contributed by atoms with Gasteiger partial charge in [0.2, 0.25) is 5.82 Å². The van der Waals surface area contributed by atoms with Gasteiger partial charge in [-0.25, -0.2) is 26.8 Å². The predicted octanol–water partition coefficient (Wildman–Crippen LogP) is 10.8. The number of hydrogen-bond donors (Lipinski definition) is 0. The van der Waals surface area contributed by atoms with Gasteiger partial charge in [0, 0.05) is 21.4 Å². The SMILES string of the molecule is [C-]#[N+]c1cc(C)c(-c2ccc3c(c2)C(C)(C)c2cc(C=C4C(=O)c5ccccc5C4=O)sc2N3c2c(F)c(F)c(F)c(F)c2F)c(C)c1. The van der Waals surface area contributed by atoms with Crippen LogP contribution in [0.15, 0.2) is 66.2 Å². The number of nitrogens with zero attached hydrogens (tertiary/aromatic N) is 2. The quantitative estimate of drug-likeness (QED) is 0.0481. The number of thiophene rings is 1. The Morgan fingerprint density at radius 2 is 1.33 bits per heavy atom. The summed E-state index contributed by atoms with van der Waals surface area (Å²) in [5, 5.41) is 0.166. The van der Waals surface area contributed by atoms with Crippen LogP contribution in [-0.4, -0.2) is 11.6 Å². The molecule has 0 spiro atoms. The van der Waals surface area contributed by atoms with Gasteiger partial charge in [-0.2, -0.15) is 0 Å². The molecule has 0 N–H and O–H groups in total. The zero-order chi connectivity index (χ0) is 34.4. The van der Waals surface area contributed by atoms with E-state index < -0.39 is 51.8 Å². The zero-order valence-corrected chi connectivity index (χ0v) is 26.7.